The van der Waals surface area contributed by atoms with Crippen molar-refractivity contribution in [2.24, 2.45) is 0 Å². The zero-order valence-corrected chi connectivity index (χ0v) is 11.3. The molecule has 0 aliphatic carbocycles. The summed E-state index contributed by atoms with van der Waals surface area (Å²) in [5.74, 6) is 0. The Hall–Kier alpha value is -1.34. The molecule has 3 nitrogen and oxygen atoms in total. The number of hydrogen-bond acceptors (Lipinski definition) is 3. The van der Waals surface area contributed by atoms with Gasteiger partial charge in [-0.3, -0.25) is 4.21 Å². The van der Waals surface area contributed by atoms with E-state index in [9.17, 15) is 4.21 Å². The van der Waals surface area contributed by atoms with E-state index >= 15 is 0 Å². The number of anilines is 1. The first-order valence-corrected chi connectivity index (χ1v) is 7.23. The van der Waals surface area contributed by atoms with Gasteiger partial charge in [0.25, 0.3) is 0 Å². The fraction of sp³-hybridized carbons (Fsp3) is 0.462. The number of rotatable bonds is 5. The number of nitrogens with zero attached hydrogens (tertiary/aromatic N) is 1. The molecule has 0 radical (unpaired) electrons. The Morgan fingerprint density at radius 3 is 2.76 bits per heavy atom. The lowest BCUT2D eigenvalue weighted by atomic mass is 10.1. The first kappa shape index (κ1) is 13.7. The number of nitriles is 1. The van der Waals surface area contributed by atoms with Crippen molar-refractivity contribution in [1.82, 2.24) is 0 Å². The summed E-state index contributed by atoms with van der Waals surface area (Å²) >= 11 is 0. The van der Waals surface area contributed by atoms with Gasteiger partial charge in [0.1, 0.15) is 0 Å². The van der Waals surface area contributed by atoms with E-state index in [-0.39, 0.29) is 5.25 Å². The molecule has 17 heavy (non-hydrogen) atoms. The van der Waals surface area contributed by atoms with Gasteiger partial charge in [-0.1, -0.05) is 6.92 Å². The van der Waals surface area contributed by atoms with Crippen LogP contribution < -0.4 is 5.32 Å². The van der Waals surface area contributed by atoms with Gasteiger partial charge >= 0.3 is 0 Å². The summed E-state index contributed by atoms with van der Waals surface area (Å²) < 4.78 is 11.2. The maximum atomic E-state index is 11.2. The molecule has 0 aromatic heterocycles. The minimum Gasteiger partial charge on any atom is -0.385 e. The Morgan fingerprint density at radius 1 is 1.53 bits per heavy atom. The Kier molecular flexibility index (Phi) is 5.17. The largest absolute Gasteiger partial charge is 0.385 e. The van der Waals surface area contributed by atoms with E-state index in [2.05, 4.69) is 11.4 Å². The predicted molar refractivity (Wildman–Crippen MR) is 72.5 cm³/mol. The number of aryl methyl sites for hydroxylation is 1. The van der Waals surface area contributed by atoms with Gasteiger partial charge in [0.15, 0.2) is 0 Å². The second-order valence-electron chi connectivity index (χ2n) is 4.17. The molecule has 0 fully saturated rings. The molecule has 0 spiro atoms. The van der Waals surface area contributed by atoms with Crippen LogP contribution >= 0.6 is 0 Å². The zero-order valence-electron chi connectivity index (χ0n) is 10.5. The molecule has 0 saturated heterocycles. The normalized spacial score (nSPS) is 13.8. The Morgan fingerprint density at radius 2 is 2.24 bits per heavy atom. The smallest absolute Gasteiger partial charge is 0.0994 e. The van der Waals surface area contributed by atoms with Crippen molar-refractivity contribution >= 4 is 16.5 Å². The minimum atomic E-state index is -0.761. The Balaban J connectivity index is 2.51. The molecular weight excluding hydrogens is 232 g/mol. The summed E-state index contributed by atoms with van der Waals surface area (Å²) in [7, 11) is -0.761. The van der Waals surface area contributed by atoms with Crippen molar-refractivity contribution in [2.75, 3.05) is 18.1 Å². The summed E-state index contributed by atoms with van der Waals surface area (Å²) in [4.78, 5) is 0. The average Bonchev–Trinajstić information content (AvgIpc) is 2.29. The molecule has 0 amide bonds. The highest BCUT2D eigenvalue weighted by molar-refractivity contribution is 7.84. The van der Waals surface area contributed by atoms with Crippen molar-refractivity contribution in [1.29, 1.82) is 5.26 Å². The molecule has 0 heterocycles. The van der Waals surface area contributed by atoms with Crippen molar-refractivity contribution in [3.05, 3.63) is 29.3 Å². The summed E-state index contributed by atoms with van der Waals surface area (Å²) in [6, 6.07) is 7.83. The summed E-state index contributed by atoms with van der Waals surface area (Å²) in [5.41, 5.74) is 2.69. The molecule has 0 bridgehead atoms. The van der Waals surface area contributed by atoms with Crippen LogP contribution in [0.2, 0.25) is 0 Å². The lowest BCUT2D eigenvalue weighted by Gasteiger charge is -2.11. The topological polar surface area (TPSA) is 52.9 Å². The molecule has 1 N–H and O–H groups in total. The zero-order chi connectivity index (χ0) is 12.8. The monoisotopic (exact) mass is 250 g/mol. The molecule has 0 aliphatic rings. The van der Waals surface area contributed by atoms with Crippen molar-refractivity contribution in [2.45, 2.75) is 25.5 Å². The van der Waals surface area contributed by atoms with Crippen LogP contribution in [0, 0.1) is 18.3 Å². The first-order chi connectivity index (χ1) is 8.04. The maximum absolute atomic E-state index is 11.2. The van der Waals surface area contributed by atoms with Gasteiger partial charge in [-0.2, -0.15) is 5.26 Å². The number of hydrogen-bond donors (Lipinski definition) is 1. The molecule has 0 saturated carbocycles. The predicted octanol–water partition coefficient (Wildman–Crippen LogP) is 2.44. The number of nitrogens with one attached hydrogen (secondary N) is 1. The standard InChI is InChI=1S/C13H18N2OS/c1-10-8-13(5-4-12(10)9-14)15-7-6-11(2)17(3)16/h4-5,8,11,15H,6-7H2,1-3H3. The number of benzene rings is 1. The van der Waals surface area contributed by atoms with Crippen LogP contribution in [0.3, 0.4) is 0 Å². The van der Waals surface area contributed by atoms with Crippen LogP contribution in [0.1, 0.15) is 24.5 Å². The van der Waals surface area contributed by atoms with E-state index in [1.807, 2.05) is 32.0 Å². The third kappa shape index (κ3) is 4.20. The summed E-state index contributed by atoms with van der Waals surface area (Å²) in [6.45, 7) is 4.71. The summed E-state index contributed by atoms with van der Waals surface area (Å²) in [5, 5.41) is 12.3. The minimum absolute atomic E-state index is 0.210. The molecule has 2 atom stereocenters. The first-order valence-electron chi connectivity index (χ1n) is 5.61. The van der Waals surface area contributed by atoms with E-state index in [0.29, 0.717) is 5.56 Å². The van der Waals surface area contributed by atoms with Crippen molar-refractivity contribution < 1.29 is 4.21 Å². The van der Waals surface area contributed by atoms with Crippen molar-refractivity contribution in [3.63, 3.8) is 0 Å². The molecule has 92 valence electrons. The highest BCUT2D eigenvalue weighted by atomic mass is 32.2. The van der Waals surface area contributed by atoms with Crippen LogP contribution in [0.25, 0.3) is 0 Å². The third-order valence-corrected chi connectivity index (χ3v) is 4.16. The highest BCUT2D eigenvalue weighted by Gasteiger charge is 2.05. The highest BCUT2D eigenvalue weighted by Crippen LogP contribution is 2.14. The van der Waals surface area contributed by atoms with Gasteiger partial charge in [-0.05, 0) is 37.1 Å². The molecular formula is C13H18N2OS. The average molecular weight is 250 g/mol. The van der Waals surface area contributed by atoms with E-state index in [0.717, 1.165) is 24.2 Å². The van der Waals surface area contributed by atoms with Gasteiger partial charge in [0, 0.05) is 34.5 Å². The lowest BCUT2D eigenvalue weighted by molar-refractivity contribution is 0.672. The van der Waals surface area contributed by atoms with E-state index in [1.54, 1.807) is 6.26 Å². The second-order valence-corrected chi connectivity index (χ2v) is 5.97. The Labute approximate surface area is 105 Å². The lowest BCUT2D eigenvalue weighted by Crippen LogP contribution is -2.14. The molecule has 1 rings (SSSR count). The van der Waals surface area contributed by atoms with Crippen LogP contribution in [0.15, 0.2) is 18.2 Å². The molecule has 0 aliphatic heterocycles. The van der Waals surface area contributed by atoms with E-state index < -0.39 is 10.8 Å². The van der Waals surface area contributed by atoms with Gasteiger partial charge < -0.3 is 5.32 Å². The van der Waals surface area contributed by atoms with Crippen LogP contribution in [-0.2, 0) is 10.8 Å². The van der Waals surface area contributed by atoms with Gasteiger partial charge in [0.2, 0.25) is 0 Å². The quantitative estimate of drug-likeness (QED) is 0.873. The fourth-order valence-corrected chi connectivity index (χ4v) is 1.93. The van der Waals surface area contributed by atoms with E-state index in [1.165, 1.54) is 0 Å². The van der Waals surface area contributed by atoms with Crippen LogP contribution in [-0.4, -0.2) is 22.3 Å². The van der Waals surface area contributed by atoms with Gasteiger partial charge in [-0.15, -0.1) is 0 Å². The molecule has 1 aromatic rings. The summed E-state index contributed by atoms with van der Waals surface area (Å²) in [6.07, 6.45) is 2.61. The molecule has 4 heteroatoms. The van der Waals surface area contributed by atoms with Crippen LogP contribution in [0.5, 0.6) is 0 Å². The van der Waals surface area contributed by atoms with Gasteiger partial charge in [0.05, 0.1) is 11.6 Å². The van der Waals surface area contributed by atoms with E-state index in [4.69, 9.17) is 5.26 Å². The molecule has 2 unspecified atom stereocenters. The van der Waals surface area contributed by atoms with Gasteiger partial charge in [-0.25, -0.2) is 0 Å². The third-order valence-electron chi connectivity index (χ3n) is 2.79. The second kappa shape index (κ2) is 6.41. The van der Waals surface area contributed by atoms with Crippen molar-refractivity contribution in [3.8, 4) is 6.07 Å². The molecule has 1 aromatic carbocycles. The maximum Gasteiger partial charge on any atom is 0.0994 e. The SMILES string of the molecule is Cc1cc(NCCC(C)S(C)=O)ccc1C#N. The Bertz CT molecular complexity index is 451. The fourth-order valence-electron chi connectivity index (χ4n) is 1.48. The van der Waals surface area contributed by atoms with Crippen LogP contribution in [0.4, 0.5) is 5.69 Å².